The van der Waals surface area contributed by atoms with Gasteiger partial charge in [0.25, 0.3) is 5.56 Å². The van der Waals surface area contributed by atoms with Gasteiger partial charge in [0.05, 0.1) is 17.1 Å². The van der Waals surface area contributed by atoms with E-state index in [9.17, 15) is 9.18 Å². The molecular formula is C27H27FN4O. The SMILES string of the molecule is Cc1cc(C=Nn2c(C3CCCCC3)nc3ccccc3c2=O)c(C)n1-c1ccc(F)cc1. The van der Waals surface area contributed by atoms with Crippen molar-refractivity contribution >= 4 is 17.1 Å². The van der Waals surface area contributed by atoms with E-state index in [0.29, 0.717) is 5.39 Å². The van der Waals surface area contributed by atoms with Crippen LogP contribution in [0.25, 0.3) is 16.6 Å². The Bertz CT molecular complexity index is 1390. The van der Waals surface area contributed by atoms with Crippen LogP contribution in [0.5, 0.6) is 0 Å². The van der Waals surface area contributed by atoms with E-state index >= 15 is 0 Å². The van der Waals surface area contributed by atoms with E-state index in [1.165, 1.54) is 23.2 Å². The molecule has 0 N–H and O–H groups in total. The van der Waals surface area contributed by atoms with E-state index in [2.05, 4.69) is 9.67 Å². The minimum absolute atomic E-state index is 0.134. The fourth-order valence-electron chi connectivity index (χ4n) is 4.90. The maximum absolute atomic E-state index is 13.4. The molecule has 2 aromatic heterocycles. The van der Waals surface area contributed by atoms with E-state index < -0.39 is 0 Å². The van der Waals surface area contributed by atoms with Crippen LogP contribution in [0.4, 0.5) is 4.39 Å². The van der Waals surface area contributed by atoms with E-state index in [-0.39, 0.29) is 17.3 Å². The number of hydrogen-bond acceptors (Lipinski definition) is 3. The third kappa shape index (κ3) is 4.01. The van der Waals surface area contributed by atoms with Crippen LogP contribution in [0.3, 0.4) is 0 Å². The van der Waals surface area contributed by atoms with Gasteiger partial charge >= 0.3 is 0 Å². The summed E-state index contributed by atoms with van der Waals surface area (Å²) in [5.74, 6) is 0.725. The molecular weight excluding hydrogens is 415 g/mol. The van der Waals surface area contributed by atoms with Crippen molar-refractivity contribution in [1.29, 1.82) is 0 Å². The van der Waals surface area contributed by atoms with Gasteiger partial charge in [-0.3, -0.25) is 4.79 Å². The fraction of sp³-hybridized carbons (Fsp3) is 0.296. The van der Waals surface area contributed by atoms with Crippen molar-refractivity contribution in [3.63, 3.8) is 0 Å². The maximum atomic E-state index is 13.4. The molecule has 1 saturated carbocycles. The Morgan fingerprint density at radius 2 is 1.76 bits per heavy atom. The normalized spacial score (nSPS) is 15.0. The molecule has 0 amide bonds. The molecule has 5 rings (SSSR count). The molecule has 0 aliphatic heterocycles. The first-order valence-corrected chi connectivity index (χ1v) is 11.5. The number of hydrogen-bond donors (Lipinski definition) is 0. The zero-order valence-corrected chi connectivity index (χ0v) is 19.0. The van der Waals surface area contributed by atoms with Crippen LogP contribution in [-0.4, -0.2) is 20.4 Å². The lowest BCUT2D eigenvalue weighted by atomic mass is 9.88. The van der Waals surface area contributed by atoms with Crippen LogP contribution in [0.1, 0.15) is 60.8 Å². The van der Waals surface area contributed by atoms with Crippen molar-refractivity contribution < 1.29 is 4.39 Å². The summed E-state index contributed by atoms with van der Waals surface area (Å²) in [6.45, 7) is 4.01. The lowest BCUT2D eigenvalue weighted by molar-refractivity contribution is 0.416. The van der Waals surface area contributed by atoms with Gasteiger partial charge in [0.2, 0.25) is 0 Å². The van der Waals surface area contributed by atoms with Crippen LogP contribution in [-0.2, 0) is 0 Å². The summed E-state index contributed by atoms with van der Waals surface area (Å²) in [4.78, 5) is 18.3. The zero-order valence-electron chi connectivity index (χ0n) is 19.0. The van der Waals surface area contributed by atoms with Crippen molar-refractivity contribution in [2.24, 2.45) is 5.10 Å². The van der Waals surface area contributed by atoms with Gasteiger partial charge in [-0.1, -0.05) is 31.4 Å². The number of rotatable bonds is 4. The Hall–Kier alpha value is -3.54. The molecule has 1 aliphatic carbocycles. The summed E-state index contributed by atoms with van der Waals surface area (Å²) >= 11 is 0. The van der Waals surface area contributed by atoms with E-state index in [4.69, 9.17) is 4.98 Å². The van der Waals surface area contributed by atoms with Gasteiger partial charge in [0.1, 0.15) is 11.6 Å². The molecule has 2 aromatic carbocycles. The largest absolute Gasteiger partial charge is 0.318 e. The number of aryl methyl sites for hydroxylation is 1. The van der Waals surface area contributed by atoms with Crippen molar-refractivity contribution in [3.8, 4) is 5.69 Å². The second kappa shape index (κ2) is 8.77. The van der Waals surface area contributed by atoms with Crippen molar-refractivity contribution in [1.82, 2.24) is 14.2 Å². The van der Waals surface area contributed by atoms with Crippen LogP contribution in [0.15, 0.2) is 64.5 Å². The molecule has 0 saturated heterocycles. The highest BCUT2D eigenvalue weighted by Crippen LogP contribution is 2.31. The second-order valence-electron chi connectivity index (χ2n) is 8.82. The first-order chi connectivity index (χ1) is 16.0. The van der Waals surface area contributed by atoms with Gasteiger partial charge < -0.3 is 4.57 Å². The third-order valence-electron chi connectivity index (χ3n) is 6.62. The van der Waals surface area contributed by atoms with Gasteiger partial charge in [-0.25, -0.2) is 9.37 Å². The highest BCUT2D eigenvalue weighted by atomic mass is 19.1. The molecule has 0 bridgehead atoms. The summed E-state index contributed by atoms with van der Waals surface area (Å²) in [5.41, 5.74) is 4.37. The number of aromatic nitrogens is 3. The number of nitrogens with zero attached hydrogens (tertiary/aromatic N) is 4. The summed E-state index contributed by atoms with van der Waals surface area (Å²) < 4.78 is 17.0. The predicted octanol–water partition coefficient (Wildman–Crippen LogP) is 5.87. The van der Waals surface area contributed by atoms with Gasteiger partial charge in [-0.05, 0) is 69.2 Å². The van der Waals surface area contributed by atoms with Crippen LogP contribution >= 0.6 is 0 Å². The van der Waals surface area contributed by atoms with E-state index in [0.717, 1.165) is 59.7 Å². The molecule has 0 spiro atoms. The first kappa shape index (κ1) is 21.3. The van der Waals surface area contributed by atoms with Gasteiger partial charge in [-0.15, -0.1) is 0 Å². The van der Waals surface area contributed by atoms with Gasteiger partial charge in [0, 0.05) is 28.6 Å². The number of halogens is 1. The molecule has 1 fully saturated rings. The molecule has 2 heterocycles. The topological polar surface area (TPSA) is 52.2 Å². The summed E-state index contributed by atoms with van der Waals surface area (Å²) in [5, 5.41) is 5.24. The lowest BCUT2D eigenvalue weighted by Gasteiger charge is -2.22. The number of benzene rings is 2. The van der Waals surface area contributed by atoms with Gasteiger partial charge in [-0.2, -0.15) is 9.78 Å². The Morgan fingerprint density at radius 3 is 2.52 bits per heavy atom. The Balaban J connectivity index is 1.60. The van der Waals surface area contributed by atoms with Crippen molar-refractivity contribution in [2.45, 2.75) is 51.9 Å². The van der Waals surface area contributed by atoms with Crippen molar-refractivity contribution in [3.05, 3.63) is 93.5 Å². The highest BCUT2D eigenvalue weighted by Gasteiger charge is 2.22. The molecule has 6 heteroatoms. The zero-order chi connectivity index (χ0) is 22.9. The van der Waals surface area contributed by atoms with Crippen molar-refractivity contribution in [2.75, 3.05) is 0 Å². The molecule has 0 unspecified atom stereocenters. The summed E-state index contributed by atoms with van der Waals surface area (Å²) in [7, 11) is 0. The lowest BCUT2D eigenvalue weighted by Crippen LogP contribution is -2.25. The Morgan fingerprint density at radius 1 is 1.03 bits per heavy atom. The molecule has 168 valence electrons. The van der Waals surface area contributed by atoms with E-state index in [1.54, 1.807) is 18.3 Å². The van der Waals surface area contributed by atoms with Crippen LogP contribution in [0.2, 0.25) is 0 Å². The summed E-state index contributed by atoms with van der Waals surface area (Å²) in [6.07, 6.45) is 7.32. The summed E-state index contributed by atoms with van der Waals surface area (Å²) in [6, 6.07) is 15.9. The monoisotopic (exact) mass is 442 g/mol. The maximum Gasteiger partial charge on any atom is 0.282 e. The smallest absolute Gasteiger partial charge is 0.282 e. The van der Waals surface area contributed by atoms with E-state index in [1.807, 2.05) is 44.2 Å². The van der Waals surface area contributed by atoms with Crippen LogP contribution in [0, 0.1) is 19.7 Å². The minimum atomic E-state index is -0.263. The quantitative estimate of drug-likeness (QED) is 0.371. The average Bonchev–Trinajstić information content (AvgIpc) is 3.12. The minimum Gasteiger partial charge on any atom is -0.318 e. The standard InChI is InChI=1S/C27H27FN4O/c1-18-16-21(19(2)31(18)23-14-12-22(28)13-15-23)17-29-32-26(20-8-4-3-5-9-20)30-25-11-7-6-10-24(25)27(32)33/h6-7,10-17,20H,3-5,8-9H2,1-2H3. The third-order valence-corrected chi connectivity index (χ3v) is 6.62. The van der Waals surface area contributed by atoms with Crippen LogP contribution < -0.4 is 5.56 Å². The molecule has 1 aliphatic rings. The Labute approximate surface area is 192 Å². The Kier molecular flexibility index (Phi) is 5.67. The molecule has 0 radical (unpaired) electrons. The number of fused-ring (bicyclic) bond motifs is 1. The molecule has 5 nitrogen and oxygen atoms in total. The second-order valence-corrected chi connectivity index (χ2v) is 8.82. The molecule has 0 atom stereocenters. The molecule has 33 heavy (non-hydrogen) atoms. The molecule has 4 aromatic rings. The first-order valence-electron chi connectivity index (χ1n) is 11.5. The average molecular weight is 443 g/mol. The predicted molar refractivity (Wildman–Crippen MR) is 130 cm³/mol. The fourth-order valence-corrected chi connectivity index (χ4v) is 4.90. The highest BCUT2D eigenvalue weighted by molar-refractivity contribution is 5.82. The van der Waals surface area contributed by atoms with Gasteiger partial charge in [0.15, 0.2) is 0 Å². The number of para-hydroxylation sites is 1.